The number of hydrogen-bond acceptors (Lipinski definition) is 6. The van der Waals surface area contributed by atoms with Crippen LogP contribution in [0.25, 0.3) is 17.0 Å². The molecule has 0 spiro atoms. The highest BCUT2D eigenvalue weighted by atomic mass is 19.4. The van der Waals surface area contributed by atoms with Gasteiger partial charge in [0.2, 0.25) is 0 Å². The predicted molar refractivity (Wildman–Crippen MR) is 97.0 cm³/mol. The Bertz CT molecular complexity index is 1030. The molecule has 4 heterocycles. The molecular formula is C18H18F4N6O. The van der Waals surface area contributed by atoms with Crippen molar-refractivity contribution in [2.45, 2.75) is 30.9 Å². The van der Waals surface area contributed by atoms with E-state index in [1.807, 2.05) is 0 Å². The zero-order valence-corrected chi connectivity index (χ0v) is 15.3. The van der Waals surface area contributed by atoms with Crippen LogP contribution in [0.4, 0.5) is 23.4 Å². The van der Waals surface area contributed by atoms with Crippen molar-refractivity contribution in [2.24, 2.45) is 0 Å². The van der Waals surface area contributed by atoms with Gasteiger partial charge in [0.25, 0.3) is 0 Å². The van der Waals surface area contributed by atoms with Crippen LogP contribution in [0.5, 0.6) is 0 Å². The minimum Gasteiger partial charge on any atom is -0.376 e. The van der Waals surface area contributed by atoms with Crippen molar-refractivity contribution in [1.29, 1.82) is 0 Å². The molecule has 0 bridgehead atoms. The molecule has 3 aromatic rings. The average Bonchev–Trinajstić information content (AvgIpc) is 3.27. The summed E-state index contributed by atoms with van der Waals surface area (Å²) in [6, 6.07) is 2.11. The Morgan fingerprint density at radius 2 is 2.00 bits per heavy atom. The molecule has 29 heavy (non-hydrogen) atoms. The Morgan fingerprint density at radius 1 is 1.21 bits per heavy atom. The normalized spacial score (nSPS) is 22.0. The van der Waals surface area contributed by atoms with E-state index in [0.29, 0.717) is 36.3 Å². The number of nitrogens with zero attached hydrogens (tertiary/aromatic N) is 4. The van der Waals surface area contributed by atoms with Crippen LogP contribution in [0.15, 0.2) is 36.9 Å². The predicted octanol–water partition coefficient (Wildman–Crippen LogP) is 2.28. The fourth-order valence-corrected chi connectivity index (χ4v) is 3.16. The maximum Gasteiger partial charge on any atom is 0.421 e. The van der Waals surface area contributed by atoms with E-state index in [0.717, 1.165) is 0 Å². The van der Waals surface area contributed by atoms with Crippen LogP contribution in [-0.2, 0) is 5.60 Å². The van der Waals surface area contributed by atoms with Gasteiger partial charge in [-0.3, -0.25) is 9.38 Å². The summed E-state index contributed by atoms with van der Waals surface area (Å²) in [4.78, 5) is 12.6. The fraction of sp³-hybridized carbons (Fsp3) is 0.389. The smallest absolute Gasteiger partial charge is 0.376 e. The quantitative estimate of drug-likeness (QED) is 0.572. The highest BCUT2D eigenvalue weighted by Gasteiger charge is 2.51. The summed E-state index contributed by atoms with van der Waals surface area (Å²) >= 11 is 0. The first-order chi connectivity index (χ1) is 13.7. The number of rotatable bonds is 4. The molecule has 1 aliphatic rings. The first kappa shape index (κ1) is 19.5. The van der Waals surface area contributed by atoms with E-state index in [4.69, 9.17) is 0 Å². The molecule has 3 aromatic heterocycles. The number of alkyl halides is 4. The van der Waals surface area contributed by atoms with Crippen molar-refractivity contribution < 1.29 is 22.7 Å². The van der Waals surface area contributed by atoms with Crippen LogP contribution >= 0.6 is 0 Å². The van der Waals surface area contributed by atoms with Crippen molar-refractivity contribution in [3.8, 4) is 11.4 Å². The molecule has 3 unspecified atom stereocenters. The number of pyridine rings is 1. The third-order valence-corrected chi connectivity index (χ3v) is 4.99. The maximum absolute atomic E-state index is 13.8. The number of imidazole rings is 1. The van der Waals surface area contributed by atoms with E-state index in [1.54, 1.807) is 0 Å². The Balaban J connectivity index is 1.71. The molecule has 7 nitrogen and oxygen atoms in total. The summed E-state index contributed by atoms with van der Waals surface area (Å²) in [6.45, 7) is 1.39. The number of anilines is 1. The van der Waals surface area contributed by atoms with Crippen molar-refractivity contribution >= 4 is 11.5 Å². The molecule has 0 saturated carbocycles. The third kappa shape index (κ3) is 3.51. The van der Waals surface area contributed by atoms with Crippen LogP contribution in [0, 0.1) is 0 Å². The SMILES string of the molecule is CC(O)(c1ccc2ncc(-c3cncc(NC4CNCC4F)n3)n2c1)C(F)(F)F. The van der Waals surface area contributed by atoms with Gasteiger partial charge in [-0.1, -0.05) is 6.07 Å². The molecular weight excluding hydrogens is 392 g/mol. The van der Waals surface area contributed by atoms with Crippen molar-refractivity contribution in [3.05, 3.63) is 42.5 Å². The number of hydrogen-bond donors (Lipinski definition) is 3. The van der Waals surface area contributed by atoms with Gasteiger partial charge in [-0.15, -0.1) is 0 Å². The van der Waals surface area contributed by atoms with Crippen LogP contribution < -0.4 is 10.6 Å². The minimum absolute atomic E-state index is 0.250. The minimum atomic E-state index is -4.84. The Kier molecular flexibility index (Phi) is 4.66. The molecule has 4 rings (SSSR count). The lowest BCUT2D eigenvalue weighted by atomic mass is 9.97. The van der Waals surface area contributed by atoms with Gasteiger partial charge in [-0.2, -0.15) is 13.2 Å². The topological polar surface area (TPSA) is 87.4 Å². The lowest BCUT2D eigenvalue weighted by molar-refractivity contribution is -0.259. The number of aliphatic hydroxyl groups is 1. The van der Waals surface area contributed by atoms with Crippen molar-refractivity contribution in [1.82, 2.24) is 24.7 Å². The summed E-state index contributed by atoms with van der Waals surface area (Å²) in [7, 11) is 0. The monoisotopic (exact) mass is 410 g/mol. The molecule has 0 aliphatic carbocycles. The molecule has 0 amide bonds. The molecule has 3 N–H and O–H groups in total. The van der Waals surface area contributed by atoms with E-state index in [1.165, 1.54) is 41.3 Å². The molecule has 154 valence electrons. The van der Waals surface area contributed by atoms with Gasteiger partial charge >= 0.3 is 6.18 Å². The number of aromatic nitrogens is 4. The molecule has 0 radical (unpaired) electrons. The molecule has 0 aromatic carbocycles. The lowest BCUT2D eigenvalue weighted by Crippen LogP contribution is -2.39. The number of nitrogens with one attached hydrogen (secondary N) is 2. The van der Waals surface area contributed by atoms with E-state index < -0.39 is 24.0 Å². The van der Waals surface area contributed by atoms with Gasteiger partial charge in [0.1, 0.15) is 23.3 Å². The van der Waals surface area contributed by atoms with Gasteiger partial charge in [-0.05, 0) is 13.0 Å². The standard InChI is InChI=1S/C18H18F4N6O/c1-17(29,18(20,21)22)10-2-3-16-25-7-14(28(16)9-10)13-6-24-8-15(27-13)26-12-5-23-4-11(12)19/h2-3,6-9,11-12,23,29H,4-5H2,1H3,(H,26,27). The van der Waals surface area contributed by atoms with E-state index in [2.05, 4.69) is 25.6 Å². The second-order valence-electron chi connectivity index (χ2n) is 7.07. The lowest BCUT2D eigenvalue weighted by Gasteiger charge is -2.26. The van der Waals surface area contributed by atoms with Crippen molar-refractivity contribution in [2.75, 3.05) is 18.4 Å². The Morgan fingerprint density at radius 3 is 2.69 bits per heavy atom. The zero-order valence-electron chi connectivity index (χ0n) is 15.3. The molecule has 11 heteroatoms. The van der Waals surface area contributed by atoms with Crippen LogP contribution in [0.1, 0.15) is 12.5 Å². The number of fused-ring (bicyclic) bond motifs is 1. The first-order valence-corrected chi connectivity index (χ1v) is 8.87. The highest BCUT2D eigenvalue weighted by molar-refractivity contribution is 5.61. The summed E-state index contributed by atoms with van der Waals surface area (Å²) in [6.07, 6.45) is -0.414. The fourth-order valence-electron chi connectivity index (χ4n) is 3.16. The second kappa shape index (κ2) is 6.92. The van der Waals surface area contributed by atoms with Gasteiger partial charge in [0.15, 0.2) is 5.60 Å². The summed E-state index contributed by atoms with van der Waals surface area (Å²) in [5.41, 5.74) is -2.25. The zero-order chi connectivity index (χ0) is 20.8. The average molecular weight is 410 g/mol. The van der Waals surface area contributed by atoms with Crippen LogP contribution in [0.3, 0.4) is 0 Å². The molecule has 1 aliphatic heterocycles. The molecule has 1 saturated heterocycles. The number of halogens is 4. The van der Waals surface area contributed by atoms with E-state index in [-0.39, 0.29) is 12.1 Å². The first-order valence-electron chi connectivity index (χ1n) is 8.87. The summed E-state index contributed by atoms with van der Waals surface area (Å²) in [5, 5.41) is 15.9. The summed E-state index contributed by atoms with van der Waals surface area (Å²) < 4.78 is 54.8. The maximum atomic E-state index is 13.8. The third-order valence-electron chi connectivity index (χ3n) is 4.99. The Hall–Kier alpha value is -2.79. The van der Waals surface area contributed by atoms with E-state index in [9.17, 15) is 22.7 Å². The largest absolute Gasteiger partial charge is 0.421 e. The van der Waals surface area contributed by atoms with Gasteiger partial charge in [-0.25, -0.2) is 14.4 Å². The Labute approximate surface area is 162 Å². The van der Waals surface area contributed by atoms with Gasteiger partial charge < -0.3 is 15.7 Å². The highest BCUT2D eigenvalue weighted by Crippen LogP contribution is 2.38. The van der Waals surface area contributed by atoms with Gasteiger partial charge in [0, 0.05) is 24.8 Å². The van der Waals surface area contributed by atoms with Crippen LogP contribution in [0.2, 0.25) is 0 Å². The van der Waals surface area contributed by atoms with Crippen LogP contribution in [-0.4, -0.2) is 55.9 Å². The van der Waals surface area contributed by atoms with Gasteiger partial charge in [0.05, 0.1) is 30.3 Å². The molecule has 1 fully saturated rings. The van der Waals surface area contributed by atoms with Crippen molar-refractivity contribution in [3.63, 3.8) is 0 Å². The van der Waals surface area contributed by atoms with E-state index >= 15 is 0 Å². The molecule has 3 atom stereocenters. The second-order valence-corrected chi connectivity index (χ2v) is 7.07. The summed E-state index contributed by atoms with van der Waals surface area (Å²) in [5.74, 6) is 0.340.